The zero-order valence-corrected chi connectivity index (χ0v) is 14.8. The van der Waals surface area contributed by atoms with Gasteiger partial charge in [0, 0.05) is 12.1 Å². The van der Waals surface area contributed by atoms with E-state index in [-0.39, 0.29) is 12.6 Å². The van der Waals surface area contributed by atoms with Crippen molar-refractivity contribution in [2.75, 3.05) is 19.0 Å². The van der Waals surface area contributed by atoms with Crippen molar-refractivity contribution in [3.8, 4) is 0 Å². The molecule has 1 aliphatic rings. The Bertz CT molecular complexity index is 635. The second-order valence-electron chi connectivity index (χ2n) is 6.42. The Morgan fingerprint density at radius 2 is 1.92 bits per heavy atom. The maximum atomic E-state index is 12.0. The van der Waals surface area contributed by atoms with Crippen LogP contribution in [0.1, 0.15) is 54.4 Å². The first-order valence-corrected chi connectivity index (χ1v) is 8.64. The summed E-state index contributed by atoms with van der Waals surface area (Å²) in [5.74, 6) is -0.639. The predicted molar refractivity (Wildman–Crippen MR) is 93.3 cm³/mol. The number of aryl methyl sites for hydroxylation is 1. The maximum Gasteiger partial charge on any atom is 0.337 e. The van der Waals surface area contributed by atoms with Crippen LogP contribution in [0.3, 0.4) is 0 Å². The lowest BCUT2D eigenvalue weighted by Crippen LogP contribution is -2.21. The van der Waals surface area contributed by atoms with Gasteiger partial charge in [-0.1, -0.05) is 31.7 Å². The van der Waals surface area contributed by atoms with E-state index in [0.29, 0.717) is 23.6 Å². The summed E-state index contributed by atoms with van der Waals surface area (Å²) in [4.78, 5) is 35.3. The number of methoxy groups -OCH3 is 1. The summed E-state index contributed by atoms with van der Waals surface area (Å²) < 4.78 is 9.70. The largest absolute Gasteiger partial charge is 0.465 e. The molecule has 0 saturated heterocycles. The van der Waals surface area contributed by atoms with Gasteiger partial charge >= 0.3 is 11.9 Å². The Kier molecular flexibility index (Phi) is 6.98. The number of hydrogen-bond donors (Lipinski definition) is 1. The highest BCUT2D eigenvalue weighted by atomic mass is 16.5. The zero-order chi connectivity index (χ0) is 18.2. The van der Waals surface area contributed by atoms with Crippen LogP contribution in [0, 0.1) is 12.8 Å². The van der Waals surface area contributed by atoms with Crippen molar-refractivity contribution in [3.05, 3.63) is 29.3 Å². The van der Waals surface area contributed by atoms with Gasteiger partial charge < -0.3 is 14.8 Å². The van der Waals surface area contributed by atoms with Crippen LogP contribution in [0.15, 0.2) is 18.2 Å². The molecule has 0 heterocycles. The summed E-state index contributed by atoms with van der Waals surface area (Å²) in [6.07, 6.45) is 6.04. The molecule has 25 heavy (non-hydrogen) atoms. The molecular weight excluding hydrogens is 322 g/mol. The smallest absolute Gasteiger partial charge is 0.337 e. The van der Waals surface area contributed by atoms with Crippen molar-refractivity contribution >= 4 is 23.5 Å². The fourth-order valence-corrected chi connectivity index (χ4v) is 3.03. The molecule has 0 radical (unpaired) electrons. The Hall–Kier alpha value is -2.37. The molecule has 1 aliphatic carbocycles. The van der Waals surface area contributed by atoms with Crippen LogP contribution in [-0.4, -0.2) is 31.6 Å². The summed E-state index contributed by atoms with van der Waals surface area (Å²) in [5.41, 5.74) is 1.64. The van der Waals surface area contributed by atoms with Gasteiger partial charge in [-0.05, 0) is 37.0 Å². The average Bonchev–Trinajstić information content (AvgIpc) is 3.13. The van der Waals surface area contributed by atoms with Crippen LogP contribution in [0.5, 0.6) is 0 Å². The number of ether oxygens (including phenoxy) is 2. The molecule has 1 fully saturated rings. The highest BCUT2D eigenvalue weighted by Gasteiger charge is 2.17. The monoisotopic (exact) mass is 347 g/mol. The van der Waals surface area contributed by atoms with Gasteiger partial charge in [0.05, 0.1) is 12.7 Å². The molecule has 1 N–H and O–H groups in total. The first-order chi connectivity index (χ1) is 12.0. The minimum atomic E-state index is -0.478. The third-order valence-corrected chi connectivity index (χ3v) is 4.53. The van der Waals surface area contributed by atoms with Crippen LogP contribution < -0.4 is 5.32 Å². The summed E-state index contributed by atoms with van der Waals surface area (Å²) in [7, 11) is 1.30. The Morgan fingerprint density at radius 3 is 2.60 bits per heavy atom. The lowest BCUT2D eigenvalue weighted by atomic mass is 10.0. The summed E-state index contributed by atoms with van der Waals surface area (Å²) >= 11 is 0. The molecule has 1 saturated carbocycles. The van der Waals surface area contributed by atoms with Gasteiger partial charge in [0.2, 0.25) is 0 Å². The Morgan fingerprint density at radius 1 is 1.20 bits per heavy atom. The molecule has 1 aromatic rings. The third kappa shape index (κ3) is 5.89. The van der Waals surface area contributed by atoms with Gasteiger partial charge in [-0.15, -0.1) is 0 Å². The number of benzene rings is 1. The van der Waals surface area contributed by atoms with Crippen molar-refractivity contribution in [3.63, 3.8) is 0 Å². The van der Waals surface area contributed by atoms with Crippen molar-refractivity contribution in [2.24, 2.45) is 5.92 Å². The molecule has 136 valence electrons. The standard InChI is InChI=1S/C19H25NO5/c1-13-7-9-15(19(23)24-2)11-16(13)20-17(21)12-25-18(22)10-8-14-5-3-4-6-14/h7,9,11,14H,3-6,8,10,12H2,1-2H3,(H,20,21). The quantitative estimate of drug-likeness (QED) is 0.766. The first kappa shape index (κ1) is 19.0. The highest BCUT2D eigenvalue weighted by molar-refractivity contribution is 5.96. The second-order valence-corrected chi connectivity index (χ2v) is 6.42. The van der Waals surface area contributed by atoms with E-state index in [1.54, 1.807) is 18.2 Å². The summed E-state index contributed by atoms with van der Waals surface area (Å²) in [6.45, 7) is 1.48. The fraction of sp³-hybridized carbons (Fsp3) is 0.526. The highest BCUT2D eigenvalue weighted by Crippen LogP contribution is 2.28. The first-order valence-electron chi connectivity index (χ1n) is 8.64. The maximum absolute atomic E-state index is 12.0. The van der Waals surface area contributed by atoms with Gasteiger partial charge in [-0.2, -0.15) is 0 Å². The topological polar surface area (TPSA) is 81.7 Å². The van der Waals surface area contributed by atoms with Gasteiger partial charge in [-0.3, -0.25) is 9.59 Å². The van der Waals surface area contributed by atoms with E-state index in [1.165, 1.54) is 32.8 Å². The van der Waals surface area contributed by atoms with E-state index in [1.807, 2.05) is 6.92 Å². The molecule has 1 amide bonds. The molecule has 1 aromatic carbocycles. The summed E-state index contributed by atoms with van der Waals surface area (Å²) in [6, 6.07) is 4.89. The Balaban J connectivity index is 1.79. The molecular formula is C19H25NO5. The van der Waals surface area contributed by atoms with E-state index < -0.39 is 11.9 Å². The number of amides is 1. The van der Waals surface area contributed by atoms with Crippen LogP contribution in [0.2, 0.25) is 0 Å². The van der Waals surface area contributed by atoms with Crippen molar-refractivity contribution in [1.82, 2.24) is 0 Å². The van der Waals surface area contributed by atoms with Crippen molar-refractivity contribution < 1.29 is 23.9 Å². The van der Waals surface area contributed by atoms with E-state index >= 15 is 0 Å². The number of carbonyl (C=O) groups is 3. The molecule has 6 heteroatoms. The van der Waals surface area contributed by atoms with Crippen molar-refractivity contribution in [2.45, 2.75) is 45.4 Å². The zero-order valence-electron chi connectivity index (χ0n) is 14.8. The second kappa shape index (κ2) is 9.20. The van der Waals surface area contributed by atoms with Crippen LogP contribution >= 0.6 is 0 Å². The normalized spacial score (nSPS) is 14.2. The number of hydrogen-bond acceptors (Lipinski definition) is 5. The van der Waals surface area contributed by atoms with Crippen LogP contribution in [-0.2, 0) is 19.1 Å². The number of anilines is 1. The van der Waals surface area contributed by atoms with Gasteiger partial charge in [0.15, 0.2) is 6.61 Å². The molecule has 0 aromatic heterocycles. The minimum Gasteiger partial charge on any atom is -0.465 e. The third-order valence-electron chi connectivity index (χ3n) is 4.53. The molecule has 0 aliphatic heterocycles. The lowest BCUT2D eigenvalue weighted by Gasteiger charge is -2.11. The number of esters is 2. The van der Waals surface area contributed by atoms with E-state index in [2.05, 4.69) is 10.1 Å². The van der Waals surface area contributed by atoms with E-state index in [0.717, 1.165) is 12.0 Å². The van der Waals surface area contributed by atoms with Gasteiger partial charge in [0.25, 0.3) is 5.91 Å². The fourth-order valence-electron chi connectivity index (χ4n) is 3.03. The molecule has 0 unspecified atom stereocenters. The average molecular weight is 347 g/mol. The van der Waals surface area contributed by atoms with Crippen LogP contribution in [0.25, 0.3) is 0 Å². The van der Waals surface area contributed by atoms with E-state index in [9.17, 15) is 14.4 Å². The molecule has 6 nitrogen and oxygen atoms in total. The van der Waals surface area contributed by atoms with Gasteiger partial charge in [-0.25, -0.2) is 4.79 Å². The minimum absolute atomic E-state index is 0.328. The van der Waals surface area contributed by atoms with Gasteiger partial charge in [0.1, 0.15) is 0 Å². The SMILES string of the molecule is COC(=O)c1ccc(C)c(NC(=O)COC(=O)CCC2CCCC2)c1. The van der Waals surface area contributed by atoms with E-state index in [4.69, 9.17) is 4.74 Å². The molecule has 0 spiro atoms. The summed E-state index contributed by atoms with van der Waals surface area (Å²) in [5, 5.41) is 2.66. The Labute approximate surface area is 147 Å². The number of carbonyl (C=O) groups excluding carboxylic acids is 3. The molecule has 2 rings (SSSR count). The van der Waals surface area contributed by atoms with Crippen molar-refractivity contribution in [1.29, 1.82) is 0 Å². The van der Waals surface area contributed by atoms with Crippen LogP contribution in [0.4, 0.5) is 5.69 Å². The predicted octanol–water partition coefficient (Wildman–Crippen LogP) is 3.23. The lowest BCUT2D eigenvalue weighted by molar-refractivity contribution is -0.147. The molecule has 0 bridgehead atoms. The number of rotatable bonds is 7. The molecule has 0 atom stereocenters. The number of nitrogens with one attached hydrogen (secondary N) is 1.